The lowest BCUT2D eigenvalue weighted by Gasteiger charge is -2.13. The van der Waals surface area contributed by atoms with Gasteiger partial charge >= 0.3 is 5.97 Å². The van der Waals surface area contributed by atoms with Gasteiger partial charge in [0.05, 0.1) is 38.6 Å². The molecule has 0 aromatic rings. The molecule has 1 rings (SSSR count). The second kappa shape index (κ2) is 26.0. The van der Waals surface area contributed by atoms with Crippen LogP contribution < -0.4 is 0 Å². The third kappa shape index (κ3) is 22.4. The van der Waals surface area contributed by atoms with E-state index in [-0.39, 0.29) is 18.2 Å². The minimum atomic E-state index is -0.400. The van der Waals surface area contributed by atoms with Gasteiger partial charge in [0.1, 0.15) is 6.10 Å². The third-order valence-electron chi connectivity index (χ3n) is 7.61. The molecule has 6 heteroatoms. The summed E-state index contributed by atoms with van der Waals surface area (Å²) in [5.41, 5.74) is 0.865. The second-order valence-corrected chi connectivity index (χ2v) is 11.6. The summed E-state index contributed by atoms with van der Waals surface area (Å²) in [5, 5.41) is 20.1. The molecule has 230 valence electrons. The maximum absolute atomic E-state index is 11.6. The SMILES string of the molecule is CCCCCCCCCC[C@H](O)COCCOC[C@H](O)CCCCCCCCCCCCC1=C[C@H](C)OC1=O. The van der Waals surface area contributed by atoms with E-state index in [1.54, 1.807) is 0 Å². The van der Waals surface area contributed by atoms with E-state index >= 15 is 0 Å². The van der Waals surface area contributed by atoms with Crippen LogP contribution in [0.25, 0.3) is 0 Å². The molecule has 0 aliphatic carbocycles. The molecule has 0 saturated heterocycles. The van der Waals surface area contributed by atoms with Crippen LogP contribution in [0.3, 0.4) is 0 Å². The Morgan fingerprint density at radius 1 is 0.692 bits per heavy atom. The summed E-state index contributed by atoms with van der Waals surface area (Å²) in [7, 11) is 0. The lowest BCUT2D eigenvalue weighted by molar-refractivity contribution is -0.139. The van der Waals surface area contributed by atoms with Gasteiger partial charge in [-0.1, -0.05) is 116 Å². The number of ether oxygens (including phenoxy) is 3. The van der Waals surface area contributed by atoms with Gasteiger partial charge in [0.25, 0.3) is 0 Å². The summed E-state index contributed by atoms with van der Waals surface area (Å²) >= 11 is 0. The van der Waals surface area contributed by atoms with E-state index in [4.69, 9.17) is 14.2 Å². The summed E-state index contributed by atoms with van der Waals surface area (Å²) in [4.78, 5) is 11.6. The first-order chi connectivity index (χ1) is 19.0. The van der Waals surface area contributed by atoms with Crippen LogP contribution in [0.15, 0.2) is 11.6 Å². The van der Waals surface area contributed by atoms with Crippen LogP contribution in [-0.2, 0) is 19.0 Å². The molecule has 1 aliphatic heterocycles. The number of rotatable bonds is 29. The van der Waals surface area contributed by atoms with Crippen molar-refractivity contribution in [1.29, 1.82) is 0 Å². The van der Waals surface area contributed by atoms with E-state index < -0.39 is 6.10 Å². The molecule has 2 N–H and O–H groups in total. The average molecular weight is 555 g/mol. The van der Waals surface area contributed by atoms with Crippen LogP contribution >= 0.6 is 0 Å². The van der Waals surface area contributed by atoms with Gasteiger partial charge in [-0.15, -0.1) is 0 Å². The van der Waals surface area contributed by atoms with E-state index in [1.165, 1.54) is 96.3 Å². The van der Waals surface area contributed by atoms with Gasteiger partial charge < -0.3 is 24.4 Å². The highest BCUT2D eigenvalue weighted by Crippen LogP contribution is 2.20. The van der Waals surface area contributed by atoms with Crippen molar-refractivity contribution in [3.05, 3.63) is 11.6 Å². The molecule has 39 heavy (non-hydrogen) atoms. The van der Waals surface area contributed by atoms with Gasteiger partial charge in [-0.3, -0.25) is 0 Å². The largest absolute Gasteiger partial charge is 0.455 e. The lowest BCUT2D eigenvalue weighted by atomic mass is 10.0. The summed E-state index contributed by atoms with van der Waals surface area (Å²) in [6.07, 6.45) is 25.9. The molecule has 0 saturated carbocycles. The molecule has 0 spiro atoms. The molecule has 0 fully saturated rings. The fourth-order valence-corrected chi connectivity index (χ4v) is 5.16. The summed E-state index contributed by atoms with van der Waals surface area (Å²) in [6.45, 7) is 5.82. The molecule has 1 aliphatic rings. The Morgan fingerprint density at radius 3 is 1.51 bits per heavy atom. The Morgan fingerprint density at radius 2 is 1.10 bits per heavy atom. The van der Waals surface area contributed by atoms with Crippen LogP contribution in [0.4, 0.5) is 0 Å². The number of aliphatic hydroxyl groups excluding tert-OH is 2. The summed E-state index contributed by atoms with van der Waals surface area (Å²) < 4.78 is 16.2. The van der Waals surface area contributed by atoms with Gasteiger partial charge in [0.2, 0.25) is 0 Å². The van der Waals surface area contributed by atoms with E-state index in [1.807, 2.05) is 13.0 Å². The van der Waals surface area contributed by atoms with Gasteiger partial charge in [-0.25, -0.2) is 4.79 Å². The van der Waals surface area contributed by atoms with Crippen molar-refractivity contribution in [2.45, 2.75) is 167 Å². The molecule has 0 amide bonds. The predicted molar refractivity (Wildman–Crippen MR) is 160 cm³/mol. The first kappa shape index (κ1) is 36.1. The molecule has 0 aromatic heterocycles. The number of aliphatic hydroxyl groups is 2. The first-order valence-electron chi connectivity index (χ1n) is 16.5. The number of unbranched alkanes of at least 4 members (excludes halogenated alkanes) is 16. The Hall–Kier alpha value is -0.950. The fraction of sp³-hybridized carbons (Fsp3) is 0.909. The Kier molecular flexibility index (Phi) is 24.0. The maximum atomic E-state index is 11.6. The zero-order valence-electron chi connectivity index (χ0n) is 25.5. The van der Waals surface area contributed by atoms with E-state index in [0.29, 0.717) is 26.4 Å². The highest BCUT2D eigenvalue weighted by atomic mass is 16.5. The monoisotopic (exact) mass is 554 g/mol. The average Bonchev–Trinajstić information content (AvgIpc) is 3.24. The summed E-state index contributed by atoms with van der Waals surface area (Å²) in [6, 6.07) is 0. The normalized spacial score (nSPS) is 16.9. The van der Waals surface area contributed by atoms with Crippen molar-refractivity contribution in [2.75, 3.05) is 26.4 Å². The van der Waals surface area contributed by atoms with Crippen molar-refractivity contribution in [3.63, 3.8) is 0 Å². The molecule has 0 bridgehead atoms. The van der Waals surface area contributed by atoms with Crippen molar-refractivity contribution < 1.29 is 29.2 Å². The highest BCUT2D eigenvalue weighted by molar-refractivity contribution is 5.90. The van der Waals surface area contributed by atoms with Crippen LogP contribution in [0.2, 0.25) is 0 Å². The molecule has 1 heterocycles. The van der Waals surface area contributed by atoms with Crippen LogP contribution in [-0.4, -0.2) is 60.9 Å². The second-order valence-electron chi connectivity index (χ2n) is 11.6. The van der Waals surface area contributed by atoms with Crippen LogP contribution in [0, 0.1) is 0 Å². The van der Waals surface area contributed by atoms with Crippen LogP contribution in [0.5, 0.6) is 0 Å². The molecular formula is C33H62O6. The minimum Gasteiger partial charge on any atom is -0.455 e. The van der Waals surface area contributed by atoms with Gasteiger partial charge in [-0.2, -0.15) is 0 Å². The maximum Gasteiger partial charge on any atom is 0.334 e. The van der Waals surface area contributed by atoms with Gasteiger partial charge in [0.15, 0.2) is 0 Å². The number of carbonyl (C=O) groups is 1. The molecule has 0 unspecified atom stereocenters. The van der Waals surface area contributed by atoms with Crippen molar-refractivity contribution in [1.82, 2.24) is 0 Å². The molecular weight excluding hydrogens is 492 g/mol. The quantitative estimate of drug-likeness (QED) is 0.0724. The number of carbonyl (C=O) groups excluding carboxylic acids is 1. The number of cyclic esters (lactones) is 1. The van der Waals surface area contributed by atoms with Crippen molar-refractivity contribution in [2.24, 2.45) is 0 Å². The van der Waals surface area contributed by atoms with E-state index in [0.717, 1.165) is 44.1 Å². The van der Waals surface area contributed by atoms with Gasteiger partial charge in [0, 0.05) is 5.57 Å². The summed E-state index contributed by atoms with van der Waals surface area (Å²) in [5.74, 6) is -0.122. The Labute approximate surface area is 240 Å². The topological polar surface area (TPSA) is 85.2 Å². The van der Waals surface area contributed by atoms with E-state index in [2.05, 4.69) is 6.92 Å². The fourth-order valence-electron chi connectivity index (χ4n) is 5.16. The molecule has 6 nitrogen and oxygen atoms in total. The zero-order chi connectivity index (χ0) is 28.4. The first-order valence-corrected chi connectivity index (χ1v) is 16.5. The smallest absolute Gasteiger partial charge is 0.334 e. The lowest BCUT2D eigenvalue weighted by Crippen LogP contribution is -2.20. The van der Waals surface area contributed by atoms with E-state index in [9.17, 15) is 15.0 Å². The Bertz CT molecular complexity index is 593. The van der Waals surface area contributed by atoms with Gasteiger partial charge in [-0.05, 0) is 38.7 Å². The standard InChI is InChI=1S/C33H62O6/c1-3-4-5-6-7-13-16-19-22-31(34)27-37-24-25-38-28-32(35)23-20-17-14-11-9-8-10-12-15-18-21-30-26-29(2)39-33(30)36/h26,29,31-32,34-35H,3-25,27-28H2,1-2H3/t29-,31-,32+/m0/s1. The number of hydrogen-bond acceptors (Lipinski definition) is 6. The molecule has 0 aromatic carbocycles. The van der Waals surface area contributed by atoms with Crippen LogP contribution in [0.1, 0.15) is 149 Å². The predicted octanol–water partition coefficient (Wildman–Crippen LogP) is 7.83. The highest BCUT2D eigenvalue weighted by Gasteiger charge is 2.21. The van der Waals surface area contributed by atoms with Crippen molar-refractivity contribution >= 4 is 5.97 Å². The number of esters is 1. The molecule has 3 atom stereocenters. The zero-order valence-corrected chi connectivity index (χ0v) is 25.5. The third-order valence-corrected chi connectivity index (χ3v) is 7.61. The Balaban J connectivity index is 1.76. The molecule has 0 radical (unpaired) electrons. The number of hydrogen-bond donors (Lipinski definition) is 2. The minimum absolute atomic E-state index is 0.0467. The van der Waals surface area contributed by atoms with Crippen molar-refractivity contribution in [3.8, 4) is 0 Å².